The molecule has 4 aliphatic heterocycles. The Bertz CT molecular complexity index is 1010. The first-order chi connectivity index (χ1) is 17.2. The van der Waals surface area contributed by atoms with E-state index in [1.165, 1.54) is 36.8 Å². The molecule has 6 atom stereocenters. The van der Waals surface area contributed by atoms with Crippen molar-refractivity contribution in [1.82, 2.24) is 14.7 Å². The monoisotopic (exact) mass is 473 g/mol. The van der Waals surface area contributed by atoms with Crippen LogP contribution in [0.5, 0.6) is 5.75 Å². The third-order valence-corrected chi connectivity index (χ3v) is 9.25. The Balaban J connectivity index is 1.32. The normalized spacial score (nSPS) is 33.1. The molecule has 186 valence electrons. The summed E-state index contributed by atoms with van der Waals surface area (Å²) in [4.78, 5) is 20.7. The summed E-state index contributed by atoms with van der Waals surface area (Å²) >= 11 is 0. The maximum absolute atomic E-state index is 13.0. The first kappa shape index (κ1) is 23.1. The fourth-order valence-corrected chi connectivity index (χ4v) is 7.76. The molecule has 35 heavy (non-hydrogen) atoms. The van der Waals surface area contributed by atoms with Crippen LogP contribution in [0.25, 0.3) is 0 Å². The molecule has 0 radical (unpaired) electrons. The molecule has 0 N–H and O–H groups in total. The lowest BCUT2D eigenvalue weighted by molar-refractivity contribution is -0.132. The van der Waals surface area contributed by atoms with Crippen molar-refractivity contribution in [3.63, 3.8) is 0 Å². The van der Waals surface area contributed by atoms with E-state index in [-0.39, 0.29) is 12.0 Å². The van der Waals surface area contributed by atoms with Crippen molar-refractivity contribution in [2.45, 2.75) is 75.2 Å². The molecule has 4 bridgehead atoms. The lowest BCUT2D eigenvalue weighted by Gasteiger charge is -2.50. The van der Waals surface area contributed by atoms with Gasteiger partial charge in [-0.25, -0.2) is 0 Å². The highest BCUT2D eigenvalue weighted by Crippen LogP contribution is 2.51. The average molecular weight is 474 g/mol. The maximum atomic E-state index is 13.0. The number of nitrogens with zero attached hydrogens (tertiary/aromatic N) is 3. The molecule has 5 heteroatoms. The Kier molecular flexibility index (Phi) is 6.32. The summed E-state index contributed by atoms with van der Waals surface area (Å²) in [5.74, 6) is 1.21. The largest absolute Gasteiger partial charge is 0.497 e. The molecule has 6 rings (SSSR count). The molecule has 0 aromatic heterocycles. The van der Waals surface area contributed by atoms with Crippen LogP contribution in [-0.4, -0.2) is 71.5 Å². The smallest absolute Gasteiger partial charge is 0.229 e. The van der Waals surface area contributed by atoms with Gasteiger partial charge in [-0.05, 0) is 68.2 Å². The molecule has 4 saturated heterocycles. The number of benzene rings is 1. The predicted octanol–water partition coefficient (Wildman–Crippen LogP) is 4.73. The zero-order chi connectivity index (χ0) is 23.9. The topological polar surface area (TPSA) is 36.0 Å². The summed E-state index contributed by atoms with van der Waals surface area (Å²) in [6.45, 7) is 6.90. The molecule has 1 aromatic carbocycles. The van der Waals surface area contributed by atoms with Crippen LogP contribution < -0.4 is 4.74 Å². The molecule has 5 aliphatic rings. The van der Waals surface area contributed by atoms with E-state index in [9.17, 15) is 4.79 Å². The second-order valence-electron chi connectivity index (χ2n) is 11.0. The third-order valence-electron chi connectivity index (χ3n) is 9.25. The zero-order valence-electron chi connectivity index (χ0n) is 21.0. The Morgan fingerprint density at radius 3 is 2.46 bits per heavy atom. The SMILES string of the molecule is C=CCN1C2CCC1C1CCC2N1C(C1=CCC(C(=O)N2CCCC2)C=C1)c1cccc(OC)c1. The van der Waals surface area contributed by atoms with E-state index in [1.807, 2.05) is 6.07 Å². The number of hydrogen-bond acceptors (Lipinski definition) is 4. The van der Waals surface area contributed by atoms with E-state index in [0.29, 0.717) is 30.1 Å². The highest BCUT2D eigenvalue weighted by Gasteiger charge is 2.56. The van der Waals surface area contributed by atoms with Gasteiger partial charge in [-0.1, -0.05) is 36.4 Å². The lowest BCUT2D eigenvalue weighted by Crippen LogP contribution is -2.61. The number of rotatable bonds is 7. The summed E-state index contributed by atoms with van der Waals surface area (Å²) in [5.41, 5.74) is 2.65. The molecule has 1 aromatic rings. The summed E-state index contributed by atoms with van der Waals surface area (Å²) in [6.07, 6.45) is 17.1. The molecular formula is C30H39N3O2. The number of allylic oxidation sites excluding steroid dienone is 1. The quantitative estimate of drug-likeness (QED) is 0.537. The van der Waals surface area contributed by atoms with E-state index in [1.54, 1.807) is 7.11 Å². The van der Waals surface area contributed by atoms with Gasteiger partial charge in [0, 0.05) is 43.8 Å². The Morgan fingerprint density at radius 2 is 1.83 bits per heavy atom. The summed E-state index contributed by atoms with van der Waals surface area (Å²) < 4.78 is 5.63. The molecule has 0 spiro atoms. The second kappa shape index (κ2) is 9.59. The van der Waals surface area contributed by atoms with Crippen molar-refractivity contribution in [3.8, 4) is 5.75 Å². The van der Waals surface area contributed by atoms with Crippen LogP contribution >= 0.6 is 0 Å². The summed E-state index contributed by atoms with van der Waals surface area (Å²) in [5, 5.41) is 0. The van der Waals surface area contributed by atoms with Gasteiger partial charge in [0.1, 0.15) is 5.75 Å². The van der Waals surface area contributed by atoms with Crippen LogP contribution in [0.3, 0.4) is 0 Å². The van der Waals surface area contributed by atoms with Crippen molar-refractivity contribution < 1.29 is 9.53 Å². The van der Waals surface area contributed by atoms with Gasteiger partial charge in [-0.15, -0.1) is 6.58 Å². The van der Waals surface area contributed by atoms with Crippen molar-refractivity contribution in [1.29, 1.82) is 0 Å². The fraction of sp³-hybridized carbons (Fsp3) is 0.567. The number of ether oxygens (including phenoxy) is 1. The molecule has 0 saturated carbocycles. The van der Waals surface area contributed by atoms with Gasteiger partial charge in [0.2, 0.25) is 5.91 Å². The van der Waals surface area contributed by atoms with Crippen molar-refractivity contribution >= 4 is 5.91 Å². The van der Waals surface area contributed by atoms with Crippen molar-refractivity contribution in [3.05, 3.63) is 66.3 Å². The third kappa shape index (κ3) is 3.97. The molecular weight excluding hydrogens is 434 g/mol. The Hall–Kier alpha value is -2.37. The predicted molar refractivity (Wildman–Crippen MR) is 139 cm³/mol. The van der Waals surface area contributed by atoms with Crippen LogP contribution in [0.2, 0.25) is 0 Å². The van der Waals surface area contributed by atoms with E-state index in [0.717, 1.165) is 44.6 Å². The number of methoxy groups -OCH3 is 1. The number of likely N-dealkylation sites (tertiary alicyclic amines) is 1. The number of carbonyl (C=O) groups is 1. The van der Waals surface area contributed by atoms with Gasteiger partial charge in [0.25, 0.3) is 0 Å². The standard InChI is InChI=1S/C30H39N3O2/c1-3-17-32-25-13-14-26(32)28-16-15-27(25)33(28)29(23-7-6-8-24(20-23)35-2)21-9-11-22(12-10-21)30(34)31-18-4-5-19-31/h3,6-11,20,22,25-29H,1,4-5,12-19H2,2H3. The molecule has 5 nitrogen and oxygen atoms in total. The van der Waals surface area contributed by atoms with Crippen LogP contribution in [0.4, 0.5) is 0 Å². The molecule has 4 heterocycles. The molecule has 1 aliphatic carbocycles. The van der Waals surface area contributed by atoms with Crippen molar-refractivity contribution in [2.75, 3.05) is 26.7 Å². The number of hydrogen-bond donors (Lipinski definition) is 0. The van der Waals surface area contributed by atoms with Crippen molar-refractivity contribution in [2.24, 2.45) is 5.92 Å². The number of piperazine rings is 1. The van der Waals surface area contributed by atoms with E-state index < -0.39 is 0 Å². The van der Waals surface area contributed by atoms with Gasteiger partial charge in [0.05, 0.1) is 19.1 Å². The van der Waals surface area contributed by atoms with Gasteiger partial charge in [-0.3, -0.25) is 14.6 Å². The first-order valence-electron chi connectivity index (χ1n) is 13.6. The van der Waals surface area contributed by atoms with E-state index in [2.05, 4.69) is 63.8 Å². The second-order valence-corrected chi connectivity index (χ2v) is 11.0. The van der Waals surface area contributed by atoms with Crippen LogP contribution in [0.15, 0.2) is 60.7 Å². The minimum atomic E-state index is -0.0137. The van der Waals surface area contributed by atoms with Gasteiger partial charge < -0.3 is 9.64 Å². The summed E-state index contributed by atoms with van der Waals surface area (Å²) in [6, 6.07) is 11.2. The Morgan fingerprint density at radius 1 is 1.11 bits per heavy atom. The molecule has 4 fully saturated rings. The van der Waals surface area contributed by atoms with Gasteiger partial charge in [-0.2, -0.15) is 0 Å². The highest BCUT2D eigenvalue weighted by molar-refractivity contribution is 5.81. The number of carbonyl (C=O) groups excluding carboxylic acids is 1. The number of amides is 1. The van der Waals surface area contributed by atoms with Crippen LogP contribution in [0, 0.1) is 5.92 Å². The van der Waals surface area contributed by atoms with E-state index in [4.69, 9.17) is 4.74 Å². The fourth-order valence-electron chi connectivity index (χ4n) is 7.76. The summed E-state index contributed by atoms with van der Waals surface area (Å²) in [7, 11) is 1.75. The minimum Gasteiger partial charge on any atom is -0.497 e. The molecule has 1 amide bonds. The van der Waals surface area contributed by atoms with E-state index >= 15 is 0 Å². The highest BCUT2D eigenvalue weighted by atomic mass is 16.5. The lowest BCUT2D eigenvalue weighted by atomic mass is 9.86. The zero-order valence-corrected chi connectivity index (χ0v) is 21.0. The first-order valence-corrected chi connectivity index (χ1v) is 13.6. The van der Waals surface area contributed by atoms with Crippen LogP contribution in [-0.2, 0) is 4.79 Å². The Labute approximate surface area is 210 Å². The van der Waals surface area contributed by atoms with Gasteiger partial charge >= 0.3 is 0 Å². The average Bonchev–Trinajstić information content (AvgIpc) is 3.61. The van der Waals surface area contributed by atoms with Gasteiger partial charge in [0.15, 0.2) is 0 Å². The minimum absolute atomic E-state index is 0.0137. The van der Waals surface area contributed by atoms with Crippen LogP contribution in [0.1, 0.15) is 56.6 Å². The molecule has 6 unspecified atom stereocenters. The number of fused-ring (bicyclic) bond motifs is 6. The maximum Gasteiger partial charge on any atom is 0.229 e.